The molecule has 2 aromatic carbocycles. The normalized spacial score (nSPS) is 11.4. The number of amides is 1. The van der Waals surface area contributed by atoms with Crippen LogP contribution >= 0.6 is 0 Å². The number of benzene rings is 2. The molecule has 9 heteroatoms. The second-order valence-corrected chi connectivity index (χ2v) is 8.49. The summed E-state index contributed by atoms with van der Waals surface area (Å²) in [6, 6.07) is 16.8. The van der Waals surface area contributed by atoms with Crippen LogP contribution in [0.5, 0.6) is 11.5 Å². The molecule has 0 aliphatic carbocycles. The van der Waals surface area contributed by atoms with Gasteiger partial charge in [0.25, 0.3) is 11.8 Å². The highest BCUT2D eigenvalue weighted by atomic mass is 16.5. The molecule has 1 amide bonds. The summed E-state index contributed by atoms with van der Waals surface area (Å²) < 4.78 is 18.1. The zero-order valence-electron chi connectivity index (χ0n) is 18.7. The fraction of sp³-hybridized carbons (Fsp3) is 0.250. The zero-order chi connectivity index (χ0) is 23.4. The van der Waals surface area contributed by atoms with E-state index < -0.39 is 5.91 Å². The maximum atomic E-state index is 10.8. The zero-order valence-corrected chi connectivity index (χ0v) is 18.7. The van der Waals surface area contributed by atoms with Gasteiger partial charge in [-0.25, -0.2) is 4.68 Å². The Hall–Kier alpha value is -4.14. The van der Waals surface area contributed by atoms with Crippen LogP contribution in [0.25, 0.3) is 23.0 Å². The fourth-order valence-electron chi connectivity index (χ4n) is 3.04. The molecule has 0 radical (unpaired) electrons. The number of carbonyl (C=O) groups excluding carboxylic acids is 1. The van der Waals surface area contributed by atoms with Gasteiger partial charge in [-0.3, -0.25) is 4.79 Å². The molecule has 0 bridgehead atoms. The van der Waals surface area contributed by atoms with E-state index in [9.17, 15) is 4.79 Å². The van der Waals surface area contributed by atoms with Crippen molar-refractivity contribution in [3.8, 4) is 34.5 Å². The van der Waals surface area contributed by atoms with Gasteiger partial charge >= 0.3 is 0 Å². The van der Waals surface area contributed by atoms with E-state index in [2.05, 4.69) is 48.1 Å². The van der Waals surface area contributed by atoms with Gasteiger partial charge < -0.3 is 19.7 Å². The van der Waals surface area contributed by atoms with Gasteiger partial charge in [0.05, 0.1) is 0 Å². The van der Waals surface area contributed by atoms with Crippen LogP contribution in [0, 0.1) is 0 Å². The number of nitrogens with zero attached hydrogens (tertiary/aromatic N) is 4. The molecule has 0 aliphatic rings. The molecule has 2 heterocycles. The third-order valence-corrected chi connectivity index (χ3v) is 4.86. The summed E-state index contributed by atoms with van der Waals surface area (Å²) in [5.41, 5.74) is 7.70. The predicted octanol–water partition coefficient (Wildman–Crippen LogP) is 3.80. The summed E-state index contributed by atoms with van der Waals surface area (Å²) in [6.07, 6.45) is 1.79. The van der Waals surface area contributed by atoms with E-state index in [1.54, 1.807) is 41.2 Å². The first-order chi connectivity index (χ1) is 15.8. The molecule has 4 aromatic rings. The number of hydrogen-bond donors (Lipinski definition) is 1. The number of nitrogens with two attached hydrogens (primary N) is 1. The van der Waals surface area contributed by atoms with Gasteiger partial charge in [0.2, 0.25) is 5.82 Å². The molecule has 0 spiro atoms. The van der Waals surface area contributed by atoms with E-state index in [1.165, 1.54) is 5.56 Å². The molecule has 0 saturated carbocycles. The lowest BCUT2D eigenvalue weighted by Gasteiger charge is -2.19. The van der Waals surface area contributed by atoms with Crippen LogP contribution in [0.4, 0.5) is 0 Å². The van der Waals surface area contributed by atoms with Gasteiger partial charge in [-0.1, -0.05) is 38.1 Å². The van der Waals surface area contributed by atoms with E-state index in [0.717, 1.165) is 11.3 Å². The maximum absolute atomic E-state index is 10.8. The van der Waals surface area contributed by atoms with E-state index in [1.807, 2.05) is 12.1 Å². The molecule has 33 heavy (non-hydrogen) atoms. The van der Waals surface area contributed by atoms with Crippen molar-refractivity contribution in [3.05, 3.63) is 66.4 Å². The molecule has 0 fully saturated rings. The second kappa shape index (κ2) is 9.15. The van der Waals surface area contributed by atoms with Gasteiger partial charge in [-0.05, 0) is 53.4 Å². The minimum absolute atomic E-state index is 0.0963. The average Bonchev–Trinajstić information content (AvgIpc) is 3.46. The first-order valence-electron chi connectivity index (χ1n) is 10.4. The number of aromatic nitrogens is 4. The SMILES string of the molecule is CC(C)(C)c1ccc(OCn2ccc(-c3nc(-c4ccc(OCC(N)=O)cc4)no3)n2)cc1. The summed E-state index contributed by atoms with van der Waals surface area (Å²) in [5.74, 6) is 1.46. The standard InChI is InChI=1S/C24H25N5O4/c1-24(2,3)17-6-10-19(11-7-17)32-15-29-13-12-20(27-29)23-26-22(28-33-23)16-4-8-18(9-5-16)31-14-21(25)30/h4-13H,14-15H2,1-3H3,(H2,25,30). The lowest BCUT2D eigenvalue weighted by Crippen LogP contribution is -2.19. The molecule has 170 valence electrons. The third-order valence-electron chi connectivity index (χ3n) is 4.86. The smallest absolute Gasteiger partial charge is 0.278 e. The lowest BCUT2D eigenvalue weighted by molar-refractivity contribution is -0.119. The van der Waals surface area contributed by atoms with Gasteiger partial charge in [-0.15, -0.1) is 0 Å². The molecule has 0 saturated heterocycles. The van der Waals surface area contributed by atoms with E-state index in [0.29, 0.717) is 23.2 Å². The van der Waals surface area contributed by atoms with Crippen LogP contribution in [0.1, 0.15) is 26.3 Å². The Labute approximate surface area is 191 Å². The van der Waals surface area contributed by atoms with Crippen LogP contribution in [0.2, 0.25) is 0 Å². The van der Waals surface area contributed by atoms with Crippen molar-refractivity contribution >= 4 is 5.91 Å². The molecular weight excluding hydrogens is 422 g/mol. The van der Waals surface area contributed by atoms with E-state index in [-0.39, 0.29) is 18.8 Å². The largest absolute Gasteiger partial charge is 0.484 e. The highest BCUT2D eigenvalue weighted by molar-refractivity contribution is 5.75. The highest BCUT2D eigenvalue weighted by Crippen LogP contribution is 2.25. The van der Waals surface area contributed by atoms with Crippen molar-refractivity contribution in [2.45, 2.75) is 32.9 Å². The monoisotopic (exact) mass is 447 g/mol. The molecule has 9 nitrogen and oxygen atoms in total. The Bertz CT molecular complexity index is 1220. The number of carbonyl (C=O) groups is 1. The summed E-state index contributed by atoms with van der Waals surface area (Å²) in [7, 11) is 0. The molecule has 2 N–H and O–H groups in total. The highest BCUT2D eigenvalue weighted by Gasteiger charge is 2.15. The summed E-state index contributed by atoms with van der Waals surface area (Å²) >= 11 is 0. The number of ether oxygens (including phenoxy) is 2. The fourth-order valence-corrected chi connectivity index (χ4v) is 3.04. The Balaban J connectivity index is 1.37. The van der Waals surface area contributed by atoms with Crippen LogP contribution in [0.15, 0.2) is 65.3 Å². The number of rotatable bonds is 8. The molecule has 0 unspecified atom stereocenters. The number of hydrogen-bond acceptors (Lipinski definition) is 7. The lowest BCUT2D eigenvalue weighted by atomic mass is 9.87. The van der Waals surface area contributed by atoms with Crippen molar-refractivity contribution in [2.75, 3.05) is 6.61 Å². The van der Waals surface area contributed by atoms with Crippen molar-refractivity contribution in [3.63, 3.8) is 0 Å². The Morgan fingerprint density at radius 1 is 1.00 bits per heavy atom. The predicted molar refractivity (Wildman–Crippen MR) is 121 cm³/mol. The van der Waals surface area contributed by atoms with Crippen LogP contribution < -0.4 is 15.2 Å². The molecule has 0 aliphatic heterocycles. The first kappa shape index (κ1) is 22.1. The maximum Gasteiger partial charge on any atom is 0.278 e. The minimum Gasteiger partial charge on any atom is -0.484 e. The van der Waals surface area contributed by atoms with Crippen molar-refractivity contribution in [1.82, 2.24) is 19.9 Å². The second-order valence-electron chi connectivity index (χ2n) is 8.49. The molecule has 2 aromatic heterocycles. The summed E-state index contributed by atoms with van der Waals surface area (Å²) in [5, 5.41) is 8.46. The number of primary amides is 1. The Kier molecular flexibility index (Phi) is 6.12. The molecule has 4 rings (SSSR count). The van der Waals surface area contributed by atoms with Crippen molar-refractivity contribution < 1.29 is 18.8 Å². The molecule has 0 atom stereocenters. The van der Waals surface area contributed by atoms with E-state index in [4.69, 9.17) is 19.7 Å². The Morgan fingerprint density at radius 2 is 1.67 bits per heavy atom. The topological polar surface area (TPSA) is 118 Å². The van der Waals surface area contributed by atoms with Crippen molar-refractivity contribution in [1.29, 1.82) is 0 Å². The van der Waals surface area contributed by atoms with Crippen LogP contribution in [-0.2, 0) is 16.9 Å². The molecular formula is C24H25N5O4. The quantitative estimate of drug-likeness (QED) is 0.436. The van der Waals surface area contributed by atoms with Gasteiger partial charge in [0.15, 0.2) is 19.0 Å². The first-order valence-corrected chi connectivity index (χ1v) is 10.4. The average molecular weight is 447 g/mol. The van der Waals surface area contributed by atoms with E-state index >= 15 is 0 Å². The minimum atomic E-state index is -0.537. The van der Waals surface area contributed by atoms with Gasteiger partial charge in [0.1, 0.15) is 11.5 Å². The van der Waals surface area contributed by atoms with Crippen molar-refractivity contribution in [2.24, 2.45) is 5.73 Å². The summed E-state index contributed by atoms with van der Waals surface area (Å²) in [4.78, 5) is 15.2. The van der Waals surface area contributed by atoms with Crippen LogP contribution in [-0.4, -0.2) is 32.4 Å². The van der Waals surface area contributed by atoms with Gasteiger partial charge in [-0.2, -0.15) is 10.1 Å². The van der Waals surface area contributed by atoms with Gasteiger partial charge in [0, 0.05) is 11.8 Å². The Morgan fingerprint density at radius 3 is 2.33 bits per heavy atom. The third kappa shape index (κ3) is 5.57. The van der Waals surface area contributed by atoms with Crippen LogP contribution in [0.3, 0.4) is 0 Å². The summed E-state index contributed by atoms with van der Waals surface area (Å²) in [6.45, 7) is 6.59.